The maximum absolute atomic E-state index is 9.11. The van der Waals surface area contributed by atoms with Crippen LogP contribution in [0, 0.1) is 0 Å². The summed E-state index contributed by atoms with van der Waals surface area (Å²) in [5.41, 5.74) is 0. The van der Waals surface area contributed by atoms with E-state index >= 15 is 0 Å². The van der Waals surface area contributed by atoms with Crippen LogP contribution in [0.15, 0.2) is 6.07 Å². The third kappa shape index (κ3) is 4.12. The normalized spacial score (nSPS) is 10.4. The van der Waals surface area contributed by atoms with Gasteiger partial charge in [0, 0.05) is 39.7 Å². The molecule has 1 rings (SSSR count). The third-order valence-electron chi connectivity index (χ3n) is 2.59. The van der Waals surface area contributed by atoms with Crippen molar-refractivity contribution in [1.82, 2.24) is 9.97 Å². The molecular formula is C12H22N4O2. The van der Waals surface area contributed by atoms with Gasteiger partial charge in [-0.3, -0.25) is 0 Å². The highest BCUT2D eigenvalue weighted by atomic mass is 16.5. The van der Waals surface area contributed by atoms with Crippen molar-refractivity contribution >= 4 is 11.6 Å². The largest absolute Gasteiger partial charge is 0.395 e. The lowest BCUT2D eigenvalue weighted by Crippen LogP contribution is -2.31. The molecule has 1 aromatic rings. The third-order valence-corrected chi connectivity index (χ3v) is 2.59. The van der Waals surface area contributed by atoms with Gasteiger partial charge < -0.3 is 20.1 Å². The van der Waals surface area contributed by atoms with Gasteiger partial charge in [-0.15, -0.1) is 0 Å². The molecule has 6 nitrogen and oxygen atoms in total. The number of nitrogens with one attached hydrogen (secondary N) is 1. The lowest BCUT2D eigenvalue weighted by Gasteiger charge is -2.23. The first-order chi connectivity index (χ1) is 8.74. The van der Waals surface area contributed by atoms with E-state index in [1.54, 1.807) is 7.11 Å². The van der Waals surface area contributed by atoms with Crippen LogP contribution >= 0.6 is 0 Å². The Bertz CT molecular complexity index is 338. The summed E-state index contributed by atoms with van der Waals surface area (Å²) in [6, 6.07) is 1.88. The van der Waals surface area contributed by atoms with Crippen molar-refractivity contribution in [2.45, 2.75) is 13.3 Å². The lowest BCUT2D eigenvalue weighted by molar-refractivity contribution is 0.202. The van der Waals surface area contributed by atoms with Crippen molar-refractivity contribution in [1.29, 1.82) is 0 Å². The Kier molecular flexibility index (Phi) is 6.38. The molecule has 0 spiro atoms. The van der Waals surface area contributed by atoms with E-state index in [9.17, 15) is 0 Å². The van der Waals surface area contributed by atoms with Crippen LogP contribution in [-0.4, -0.2) is 55.5 Å². The van der Waals surface area contributed by atoms with Gasteiger partial charge in [-0.05, 0) is 0 Å². The maximum Gasteiger partial charge on any atom is 0.134 e. The van der Waals surface area contributed by atoms with Crippen LogP contribution in [0.3, 0.4) is 0 Å². The Morgan fingerprint density at radius 3 is 2.72 bits per heavy atom. The molecule has 0 aliphatic rings. The molecular weight excluding hydrogens is 232 g/mol. The summed E-state index contributed by atoms with van der Waals surface area (Å²) in [6.45, 7) is 3.93. The number of ether oxygens (including phenoxy) is 1. The SMILES string of the molecule is CCc1nc(NC)cc(N(CCO)CCOC)n1. The van der Waals surface area contributed by atoms with Gasteiger partial charge in [0.05, 0.1) is 13.2 Å². The van der Waals surface area contributed by atoms with E-state index in [1.807, 2.05) is 24.9 Å². The zero-order valence-electron chi connectivity index (χ0n) is 11.3. The molecule has 0 aliphatic heterocycles. The molecule has 0 bridgehead atoms. The fraction of sp³-hybridized carbons (Fsp3) is 0.667. The maximum atomic E-state index is 9.11. The summed E-state index contributed by atoms with van der Waals surface area (Å²) in [5, 5.41) is 12.1. The minimum atomic E-state index is 0.0874. The highest BCUT2D eigenvalue weighted by molar-refractivity contribution is 5.49. The number of anilines is 2. The highest BCUT2D eigenvalue weighted by Crippen LogP contribution is 2.15. The molecule has 102 valence electrons. The molecule has 0 saturated heterocycles. The topological polar surface area (TPSA) is 70.5 Å². The van der Waals surface area contributed by atoms with Gasteiger partial charge in [-0.1, -0.05) is 6.92 Å². The molecule has 0 unspecified atom stereocenters. The average molecular weight is 254 g/mol. The number of aliphatic hydroxyl groups excluding tert-OH is 1. The second kappa shape index (κ2) is 7.84. The minimum absolute atomic E-state index is 0.0874. The minimum Gasteiger partial charge on any atom is -0.395 e. The van der Waals surface area contributed by atoms with Crippen molar-refractivity contribution in [3.63, 3.8) is 0 Å². The molecule has 0 saturated carbocycles. The van der Waals surface area contributed by atoms with Gasteiger partial charge in [0.2, 0.25) is 0 Å². The number of nitrogens with zero attached hydrogens (tertiary/aromatic N) is 3. The zero-order chi connectivity index (χ0) is 13.4. The predicted octanol–water partition coefficient (Wildman–Crippen LogP) is 0.526. The first-order valence-corrected chi connectivity index (χ1v) is 6.15. The van der Waals surface area contributed by atoms with Crippen molar-refractivity contribution in [3.05, 3.63) is 11.9 Å². The Morgan fingerprint density at radius 1 is 1.39 bits per heavy atom. The molecule has 1 aromatic heterocycles. The monoisotopic (exact) mass is 254 g/mol. The summed E-state index contributed by atoms with van der Waals surface area (Å²) in [5.74, 6) is 2.40. The molecule has 2 N–H and O–H groups in total. The van der Waals surface area contributed by atoms with Crippen molar-refractivity contribution in [2.75, 3.05) is 50.7 Å². The van der Waals surface area contributed by atoms with E-state index in [0.717, 1.165) is 23.9 Å². The fourth-order valence-corrected chi connectivity index (χ4v) is 1.59. The van der Waals surface area contributed by atoms with Gasteiger partial charge in [0.1, 0.15) is 17.5 Å². The summed E-state index contributed by atoms with van der Waals surface area (Å²) >= 11 is 0. The molecule has 0 radical (unpaired) electrons. The van der Waals surface area contributed by atoms with Crippen LogP contribution in [0.25, 0.3) is 0 Å². The summed E-state index contributed by atoms with van der Waals surface area (Å²) in [4.78, 5) is 10.8. The van der Waals surface area contributed by atoms with Crippen molar-refractivity contribution < 1.29 is 9.84 Å². The molecule has 0 aromatic carbocycles. The Morgan fingerprint density at radius 2 is 2.17 bits per heavy atom. The summed E-state index contributed by atoms with van der Waals surface area (Å²) < 4.78 is 5.07. The number of aryl methyl sites for hydroxylation is 1. The van der Waals surface area contributed by atoms with Gasteiger partial charge in [0.15, 0.2) is 0 Å². The molecule has 0 atom stereocenters. The average Bonchev–Trinajstić information content (AvgIpc) is 2.42. The number of hydrogen-bond acceptors (Lipinski definition) is 6. The molecule has 1 heterocycles. The number of aromatic nitrogens is 2. The smallest absolute Gasteiger partial charge is 0.134 e. The number of aliphatic hydroxyl groups is 1. The van der Waals surface area contributed by atoms with Gasteiger partial charge in [-0.2, -0.15) is 0 Å². The second-order valence-corrected chi connectivity index (χ2v) is 3.83. The Labute approximate surface area is 108 Å². The summed E-state index contributed by atoms with van der Waals surface area (Å²) in [7, 11) is 3.49. The van der Waals surface area contributed by atoms with E-state index in [2.05, 4.69) is 15.3 Å². The Balaban J connectivity index is 2.93. The van der Waals surface area contributed by atoms with Crippen LogP contribution in [0.1, 0.15) is 12.7 Å². The lowest BCUT2D eigenvalue weighted by atomic mass is 10.3. The molecule has 0 amide bonds. The van der Waals surface area contributed by atoms with Gasteiger partial charge >= 0.3 is 0 Å². The van der Waals surface area contributed by atoms with E-state index in [0.29, 0.717) is 19.7 Å². The molecule has 6 heteroatoms. The van der Waals surface area contributed by atoms with Crippen LogP contribution in [0.4, 0.5) is 11.6 Å². The molecule has 0 aliphatic carbocycles. The van der Waals surface area contributed by atoms with Gasteiger partial charge in [-0.25, -0.2) is 9.97 Å². The van der Waals surface area contributed by atoms with Crippen LogP contribution in [0.5, 0.6) is 0 Å². The quantitative estimate of drug-likeness (QED) is 0.705. The highest BCUT2D eigenvalue weighted by Gasteiger charge is 2.10. The Hall–Kier alpha value is -1.40. The fourth-order valence-electron chi connectivity index (χ4n) is 1.59. The molecule has 18 heavy (non-hydrogen) atoms. The van der Waals surface area contributed by atoms with Gasteiger partial charge in [0.25, 0.3) is 0 Å². The van der Waals surface area contributed by atoms with Crippen molar-refractivity contribution in [3.8, 4) is 0 Å². The van der Waals surface area contributed by atoms with E-state index in [-0.39, 0.29) is 6.61 Å². The van der Waals surface area contributed by atoms with Crippen LogP contribution < -0.4 is 10.2 Å². The number of methoxy groups -OCH3 is 1. The van der Waals surface area contributed by atoms with E-state index in [1.165, 1.54) is 0 Å². The van der Waals surface area contributed by atoms with E-state index in [4.69, 9.17) is 9.84 Å². The van der Waals surface area contributed by atoms with Crippen LogP contribution in [0.2, 0.25) is 0 Å². The summed E-state index contributed by atoms with van der Waals surface area (Å²) in [6.07, 6.45) is 0.778. The molecule has 0 fully saturated rings. The first kappa shape index (κ1) is 14.7. The number of rotatable bonds is 8. The zero-order valence-corrected chi connectivity index (χ0v) is 11.3. The van der Waals surface area contributed by atoms with E-state index < -0.39 is 0 Å². The first-order valence-electron chi connectivity index (χ1n) is 6.15. The number of hydrogen-bond donors (Lipinski definition) is 2. The standard InChI is InChI=1S/C12H22N4O2/c1-4-10-14-11(13-2)9-12(15-10)16(5-7-17)6-8-18-3/h9,17H,4-8H2,1-3H3,(H,13,14,15). The second-order valence-electron chi connectivity index (χ2n) is 3.83. The van der Waals surface area contributed by atoms with Crippen LogP contribution in [-0.2, 0) is 11.2 Å². The predicted molar refractivity (Wildman–Crippen MR) is 72.1 cm³/mol. The van der Waals surface area contributed by atoms with Crippen molar-refractivity contribution in [2.24, 2.45) is 0 Å².